The van der Waals surface area contributed by atoms with Crippen LogP contribution in [0.5, 0.6) is 0 Å². The molecule has 8 aliphatic rings. The van der Waals surface area contributed by atoms with E-state index in [9.17, 15) is 61.0 Å². The molecule has 0 aromatic heterocycles. The number of ether oxygens (including phenoxy) is 6. The largest absolute Gasteiger partial charge is 0.481 e. The average Bonchev–Trinajstić information content (AvgIpc) is 3.28. The number of esters is 1. The number of aliphatic carboxylic acids is 1. The second-order valence-electron chi connectivity index (χ2n) is 22.8. The summed E-state index contributed by atoms with van der Waals surface area (Å²) in [6, 6.07) is 0. The zero-order valence-corrected chi connectivity index (χ0v) is 39.7. The van der Waals surface area contributed by atoms with Gasteiger partial charge in [-0.3, -0.25) is 9.59 Å². The van der Waals surface area contributed by atoms with Crippen LogP contribution in [0, 0.1) is 56.7 Å². The highest BCUT2D eigenvalue weighted by atomic mass is 16.7. The number of carboxylic acids is 1. The summed E-state index contributed by atoms with van der Waals surface area (Å²) in [6.45, 7) is 13.2. The fourth-order valence-corrected chi connectivity index (χ4v) is 15.3. The molecule has 3 heterocycles. The van der Waals surface area contributed by atoms with Crippen molar-refractivity contribution in [2.75, 3.05) is 13.2 Å². The Kier molecular flexibility index (Phi) is 14.0. The highest BCUT2D eigenvalue weighted by Crippen LogP contribution is 2.76. The van der Waals surface area contributed by atoms with Crippen molar-refractivity contribution in [3.05, 3.63) is 11.6 Å². The van der Waals surface area contributed by atoms with Gasteiger partial charge in [-0.05, 0) is 111 Å². The Labute approximate surface area is 391 Å². The number of hydrogen-bond acceptors (Lipinski definition) is 18. The summed E-state index contributed by atoms with van der Waals surface area (Å²) in [4.78, 5) is 29.4. The van der Waals surface area contributed by atoms with E-state index in [4.69, 9.17) is 28.4 Å². The fourth-order valence-electron chi connectivity index (χ4n) is 15.3. The van der Waals surface area contributed by atoms with Crippen molar-refractivity contribution in [1.29, 1.82) is 0 Å². The molecule has 7 fully saturated rings. The zero-order valence-electron chi connectivity index (χ0n) is 39.7. The summed E-state index contributed by atoms with van der Waals surface area (Å²) in [6.07, 6.45) is -16.6. The first-order valence-corrected chi connectivity index (χ1v) is 24.5. The minimum atomic E-state index is -1.89. The third-order valence-corrected chi connectivity index (χ3v) is 19.4. The lowest BCUT2D eigenvalue weighted by Gasteiger charge is -2.70. The number of carboxylic acid groups (broad SMARTS) is 1. The van der Waals surface area contributed by atoms with Gasteiger partial charge in [-0.1, -0.05) is 53.2 Å². The first-order chi connectivity index (χ1) is 31.3. The van der Waals surface area contributed by atoms with E-state index in [1.54, 1.807) is 6.92 Å². The lowest BCUT2D eigenvalue weighted by atomic mass is 9.33. The van der Waals surface area contributed by atoms with Gasteiger partial charge in [-0.15, -0.1) is 0 Å². The molecule has 3 saturated heterocycles. The molecule has 382 valence electrons. The van der Waals surface area contributed by atoms with Gasteiger partial charge in [0.15, 0.2) is 12.6 Å². The number of carbonyl (C=O) groups excluding carboxylic acids is 1. The van der Waals surface area contributed by atoms with E-state index in [2.05, 4.69) is 47.6 Å². The molecule has 11 N–H and O–H groups in total. The molecule has 0 aromatic carbocycles. The number of allylic oxidation sites excluding steroid dienone is 1. The molecular formula is C48H76O19. The summed E-state index contributed by atoms with van der Waals surface area (Å²) in [5.74, 6) is -2.23. The first kappa shape index (κ1) is 51.4. The quantitative estimate of drug-likeness (QED) is 0.0829. The van der Waals surface area contributed by atoms with Crippen molar-refractivity contribution in [2.45, 2.75) is 204 Å². The molecule has 19 nitrogen and oxygen atoms in total. The topological polar surface area (TPSA) is 312 Å². The SMILES string of the molecule is C[C@@H]1[C@H](C)CC[C@]2(C(=O)O[C@H]3O[C@@H](CO[C@@H]4O[C@H](CO)[C@H](O)[C@@H](O)[C@@H]4O)[C@H](O)[C@@H](O)[C@H]3O)CC[C@]3(C(=O)O)C(=CC[C@@H]4[C@@]5(C)CC[C@H](O[C@@H]6O[C@H](C)[C@@H](O)[C@H](O)[C@@H]6O)C(C)(C)[C@@H]5CC[C@]43C)[C@H]12. The number of aliphatic hydroxyl groups excluding tert-OH is 10. The van der Waals surface area contributed by atoms with E-state index in [-0.39, 0.29) is 48.0 Å². The molecule has 0 bridgehead atoms. The van der Waals surface area contributed by atoms with Crippen molar-refractivity contribution < 1.29 is 94.2 Å². The van der Waals surface area contributed by atoms with Crippen LogP contribution >= 0.6 is 0 Å². The Morgan fingerprint density at radius 2 is 1.28 bits per heavy atom. The van der Waals surface area contributed by atoms with Crippen molar-refractivity contribution >= 4 is 11.9 Å². The molecule has 0 spiro atoms. The Balaban J connectivity index is 1.05. The maximum atomic E-state index is 15.0. The van der Waals surface area contributed by atoms with Crippen LogP contribution in [0.15, 0.2) is 11.6 Å². The van der Waals surface area contributed by atoms with Crippen LogP contribution in [0.2, 0.25) is 0 Å². The average molecular weight is 957 g/mol. The summed E-state index contributed by atoms with van der Waals surface area (Å²) >= 11 is 0. The molecule has 0 unspecified atom stereocenters. The maximum Gasteiger partial charge on any atom is 0.315 e. The molecule has 0 aromatic rings. The normalized spacial score (nSPS) is 54.0. The maximum absolute atomic E-state index is 15.0. The highest BCUT2D eigenvalue weighted by molar-refractivity contribution is 5.85. The Morgan fingerprint density at radius 1 is 0.672 bits per heavy atom. The van der Waals surface area contributed by atoms with E-state index in [1.165, 1.54) is 0 Å². The summed E-state index contributed by atoms with van der Waals surface area (Å²) in [5.41, 5.74) is -3.35. The fraction of sp³-hybridized carbons (Fsp3) is 0.917. The van der Waals surface area contributed by atoms with Gasteiger partial charge < -0.3 is 84.6 Å². The van der Waals surface area contributed by atoms with Crippen molar-refractivity contribution in [3.63, 3.8) is 0 Å². The molecule has 5 aliphatic carbocycles. The molecule has 25 atom stereocenters. The van der Waals surface area contributed by atoms with E-state index in [1.807, 2.05) is 0 Å². The Hall–Kier alpha value is -1.92. The molecule has 0 radical (unpaired) electrons. The van der Waals surface area contributed by atoms with Crippen LogP contribution in [-0.4, -0.2) is 180 Å². The van der Waals surface area contributed by atoms with Crippen molar-refractivity contribution in [3.8, 4) is 0 Å². The van der Waals surface area contributed by atoms with Crippen molar-refractivity contribution in [2.24, 2.45) is 56.7 Å². The van der Waals surface area contributed by atoms with Gasteiger partial charge in [-0.2, -0.15) is 0 Å². The lowest BCUT2D eigenvalue weighted by molar-refractivity contribution is -0.328. The zero-order chi connectivity index (χ0) is 49.1. The minimum Gasteiger partial charge on any atom is -0.481 e. The van der Waals surface area contributed by atoms with Crippen LogP contribution in [0.3, 0.4) is 0 Å². The Bertz CT molecular complexity index is 1860. The van der Waals surface area contributed by atoms with Gasteiger partial charge in [-0.25, -0.2) is 0 Å². The summed E-state index contributed by atoms with van der Waals surface area (Å²) < 4.78 is 35.3. The molecular weight excluding hydrogens is 881 g/mol. The minimum absolute atomic E-state index is 0.0658. The number of rotatable bonds is 9. The van der Waals surface area contributed by atoms with Gasteiger partial charge in [0, 0.05) is 0 Å². The van der Waals surface area contributed by atoms with Crippen molar-refractivity contribution in [1.82, 2.24) is 0 Å². The number of carbonyl (C=O) groups is 2. The monoisotopic (exact) mass is 956 g/mol. The van der Waals surface area contributed by atoms with Crippen LogP contribution in [-0.2, 0) is 38.0 Å². The molecule has 67 heavy (non-hydrogen) atoms. The molecule has 19 heteroatoms. The van der Waals surface area contributed by atoms with E-state index in [0.29, 0.717) is 44.9 Å². The Morgan fingerprint density at radius 3 is 1.94 bits per heavy atom. The third-order valence-electron chi connectivity index (χ3n) is 19.4. The molecule has 8 rings (SSSR count). The van der Waals surface area contributed by atoms with E-state index < -0.39 is 145 Å². The second-order valence-corrected chi connectivity index (χ2v) is 22.8. The van der Waals surface area contributed by atoms with Crippen LogP contribution < -0.4 is 0 Å². The lowest BCUT2D eigenvalue weighted by Crippen LogP contribution is -2.68. The van der Waals surface area contributed by atoms with Crippen LogP contribution in [0.4, 0.5) is 0 Å². The highest BCUT2D eigenvalue weighted by Gasteiger charge is 2.74. The summed E-state index contributed by atoms with van der Waals surface area (Å²) in [5, 5.41) is 117. The number of hydrogen-bond donors (Lipinski definition) is 11. The number of fused-ring (bicyclic) bond motifs is 7. The van der Waals surface area contributed by atoms with Gasteiger partial charge in [0.1, 0.15) is 67.1 Å². The smallest absolute Gasteiger partial charge is 0.315 e. The predicted molar refractivity (Wildman–Crippen MR) is 231 cm³/mol. The van der Waals surface area contributed by atoms with Gasteiger partial charge in [0.2, 0.25) is 6.29 Å². The summed E-state index contributed by atoms with van der Waals surface area (Å²) in [7, 11) is 0. The second kappa shape index (κ2) is 18.3. The number of aliphatic hydroxyl groups is 10. The molecule has 4 saturated carbocycles. The van der Waals surface area contributed by atoms with E-state index >= 15 is 4.79 Å². The molecule has 3 aliphatic heterocycles. The van der Waals surface area contributed by atoms with Crippen LogP contribution in [0.1, 0.15) is 106 Å². The first-order valence-electron chi connectivity index (χ1n) is 24.5. The predicted octanol–water partition coefficient (Wildman–Crippen LogP) is 0.0887. The standard InChI is InChI=1S/C48H76O19/c1-20-10-15-47(43(61)67-41-38(58)35(55)32(52)25(65-41)19-62-39-36(56)34(54)31(51)24(18-49)64-39)16-17-48(42(59)60)23(29(47)21(20)2)8-9-27-45(6)13-12-28(44(4,5)26(45)11-14-46(27,48)7)66-40-37(57)33(53)30(50)22(3)63-40/h8,20-22,24-41,49-58H,9-19H2,1-7H3,(H,59,60)/t20-,21-,22-,24-,25+,26+,27-,28+,29+,30-,31+,32+,33+,34-,35-,36+,37+,38-,39-,40+,41-,45+,46-,47+,48-/m1/s1. The van der Waals surface area contributed by atoms with E-state index in [0.717, 1.165) is 5.57 Å². The molecule has 0 amide bonds. The van der Waals surface area contributed by atoms with Gasteiger partial charge >= 0.3 is 11.9 Å². The van der Waals surface area contributed by atoms with Crippen LogP contribution in [0.25, 0.3) is 0 Å². The van der Waals surface area contributed by atoms with Gasteiger partial charge in [0.05, 0.1) is 36.3 Å². The van der Waals surface area contributed by atoms with Gasteiger partial charge in [0.25, 0.3) is 0 Å². The third kappa shape index (κ3) is 7.79.